The van der Waals surface area contributed by atoms with E-state index in [4.69, 9.17) is 4.74 Å². The fourth-order valence-corrected chi connectivity index (χ4v) is 4.28. The number of ether oxygens (including phenoxy) is 1. The summed E-state index contributed by atoms with van der Waals surface area (Å²) in [6.45, 7) is 1.51. The Kier molecular flexibility index (Phi) is 7.71. The highest BCUT2D eigenvalue weighted by molar-refractivity contribution is 6.46. The number of likely N-dealkylation sites (tertiary alicyclic amines) is 1. The van der Waals surface area contributed by atoms with E-state index in [0.717, 1.165) is 12.1 Å². The number of rotatable bonds is 9. The van der Waals surface area contributed by atoms with Crippen LogP contribution in [0.5, 0.6) is 11.5 Å². The van der Waals surface area contributed by atoms with Crippen LogP contribution in [-0.4, -0.2) is 58.9 Å². The fraction of sp³-hybridized carbons (Fsp3) is 0.241. The van der Waals surface area contributed by atoms with E-state index in [9.17, 15) is 19.8 Å². The largest absolute Gasteiger partial charge is 0.508 e. The number of ketones is 1. The van der Waals surface area contributed by atoms with Gasteiger partial charge in [-0.3, -0.25) is 9.59 Å². The second-order valence-electron chi connectivity index (χ2n) is 9.04. The van der Waals surface area contributed by atoms with Gasteiger partial charge in [0.05, 0.1) is 11.6 Å². The van der Waals surface area contributed by atoms with E-state index < -0.39 is 17.7 Å². The van der Waals surface area contributed by atoms with Gasteiger partial charge in [0.15, 0.2) is 0 Å². The van der Waals surface area contributed by atoms with Crippen molar-refractivity contribution in [1.82, 2.24) is 9.80 Å². The summed E-state index contributed by atoms with van der Waals surface area (Å²) in [5.74, 6) is -0.906. The number of Topliss-reactive ketones (excluding diaryl/α,β-unsaturated/α-hetero) is 1. The molecule has 1 fully saturated rings. The molecule has 0 unspecified atom stereocenters. The van der Waals surface area contributed by atoms with Crippen molar-refractivity contribution in [3.8, 4) is 11.5 Å². The van der Waals surface area contributed by atoms with Crippen LogP contribution in [0.3, 0.4) is 0 Å². The molecular weight excluding hydrogens is 456 g/mol. The monoisotopic (exact) mass is 486 g/mol. The third-order valence-corrected chi connectivity index (χ3v) is 6.13. The lowest BCUT2D eigenvalue weighted by Crippen LogP contribution is -2.32. The second kappa shape index (κ2) is 11.1. The molecule has 3 aromatic carbocycles. The van der Waals surface area contributed by atoms with Crippen LogP contribution in [0.25, 0.3) is 5.76 Å². The van der Waals surface area contributed by atoms with Crippen molar-refractivity contribution >= 4 is 17.4 Å². The number of carbonyl (C=O) groups is 2. The number of aliphatic hydroxyl groups excluding tert-OH is 1. The van der Waals surface area contributed by atoms with Crippen LogP contribution in [0.2, 0.25) is 0 Å². The number of phenols is 1. The normalized spacial score (nSPS) is 17.1. The van der Waals surface area contributed by atoms with Crippen molar-refractivity contribution in [2.24, 2.45) is 0 Å². The molecule has 7 nitrogen and oxygen atoms in total. The first-order valence-corrected chi connectivity index (χ1v) is 11.8. The molecule has 3 aromatic rings. The number of nitrogens with zero attached hydrogens (tertiary/aromatic N) is 2. The Balaban J connectivity index is 1.63. The summed E-state index contributed by atoms with van der Waals surface area (Å²) < 4.78 is 5.82. The second-order valence-corrected chi connectivity index (χ2v) is 9.04. The van der Waals surface area contributed by atoms with Crippen LogP contribution in [-0.2, 0) is 16.2 Å². The Morgan fingerprint density at radius 3 is 2.25 bits per heavy atom. The van der Waals surface area contributed by atoms with Gasteiger partial charge >= 0.3 is 0 Å². The van der Waals surface area contributed by atoms with E-state index in [2.05, 4.69) is 0 Å². The first kappa shape index (κ1) is 25.0. The molecule has 1 aliphatic heterocycles. The van der Waals surface area contributed by atoms with E-state index in [0.29, 0.717) is 36.4 Å². The molecule has 0 aliphatic carbocycles. The van der Waals surface area contributed by atoms with Crippen LogP contribution in [0, 0.1) is 0 Å². The molecule has 0 bridgehead atoms. The molecule has 1 atom stereocenters. The number of amides is 1. The highest BCUT2D eigenvalue weighted by Crippen LogP contribution is 2.40. The number of carbonyl (C=O) groups excluding carboxylic acids is 2. The third kappa shape index (κ3) is 5.58. The molecule has 186 valence electrons. The van der Waals surface area contributed by atoms with Gasteiger partial charge in [-0.1, -0.05) is 42.5 Å². The van der Waals surface area contributed by atoms with E-state index in [1.165, 1.54) is 17.0 Å². The van der Waals surface area contributed by atoms with Crippen molar-refractivity contribution in [3.63, 3.8) is 0 Å². The molecule has 1 saturated heterocycles. The van der Waals surface area contributed by atoms with E-state index in [-0.39, 0.29) is 17.1 Å². The zero-order valence-electron chi connectivity index (χ0n) is 20.4. The van der Waals surface area contributed by atoms with Crippen molar-refractivity contribution < 1.29 is 24.5 Å². The lowest BCUT2D eigenvalue weighted by atomic mass is 9.95. The Morgan fingerprint density at radius 2 is 1.61 bits per heavy atom. The van der Waals surface area contributed by atoms with Crippen LogP contribution in [0.4, 0.5) is 0 Å². The van der Waals surface area contributed by atoms with Crippen molar-refractivity contribution in [3.05, 3.63) is 101 Å². The number of aliphatic hydroxyl groups is 1. The Labute approximate surface area is 210 Å². The van der Waals surface area contributed by atoms with E-state index in [1.54, 1.807) is 36.4 Å². The SMILES string of the molecule is CN(C)CCCN1C(=O)C(=O)/C(=C(/O)c2ccc(OCc3ccccc3)cc2)[C@H]1c1ccc(O)cc1. The Morgan fingerprint density at radius 1 is 0.944 bits per heavy atom. The van der Waals surface area contributed by atoms with Gasteiger partial charge in [0, 0.05) is 12.1 Å². The molecular formula is C29H30N2O5. The van der Waals surface area contributed by atoms with Crippen LogP contribution < -0.4 is 4.74 Å². The molecule has 0 radical (unpaired) electrons. The van der Waals surface area contributed by atoms with Gasteiger partial charge in [-0.15, -0.1) is 0 Å². The summed E-state index contributed by atoms with van der Waals surface area (Å²) in [6.07, 6.45) is 0.669. The highest BCUT2D eigenvalue weighted by atomic mass is 16.5. The van der Waals surface area contributed by atoms with Crippen molar-refractivity contribution in [2.45, 2.75) is 19.1 Å². The average Bonchev–Trinajstić information content (AvgIpc) is 3.13. The summed E-state index contributed by atoms with van der Waals surface area (Å²) in [6, 6.07) is 22.2. The van der Waals surface area contributed by atoms with Gasteiger partial charge in [0.2, 0.25) is 0 Å². The van der Waals surface area contributed by atoms with E-state index >= 15 is 0 Å². The quantitative estimate of drug-likeness (QED) is 0.266. The summed E-state index contributed by atoms with van der Waals surface area (Å²) in [4.78, 5) is 29.6. The number of benzene rings is 3. The molecule has 4 rings (SSSR count). The summed E-state index contributed by atoms with van der Waals surface area (Å²) >= 11 is 0. The molecule has 1 aliphatic rings. The molecule has 0 spiro atoms. The molecule has 1 heterocycles. The first-order valence-electron chi connectivity index (χ1n) is 11.8. The fourth-order valence-electron chi connectivity index (χ4n) is 4.28. The minimum absolute atomic E-state index is 0.0356. The van der Waals surface area contributed by atoms with Gasteiger partial charge < -0.3 is 24.7 Å². The topological polar surface area (TPSA) is 90.3 Å². The predicted octanol–water partition coefficient (Wildman–Crippen LogP) is 4.34. The van der Waals surface area contributed by atoms with Gasteiger partial charge in [-0.25, -0.2) is 0 Å². The lowest BCUT2D eigenvalue weighted by Gasteiger charge is -2.26. The smallest absolute Gasteiger partial charge is 0.295 e. The zero-order chi connectivity index (χ0) is 25.7. The van der Waals surface area contributed by atoms with Gasteiger partial charge in [-0.05, 0) is 74.6 Å². The number of hydrogen-bond acceptors (Lipinski definition) is 6. The lowest BCUT2D eigenvalue weighted by molar-refractivity contribution is -0.139. The maximum absolute atomic E-state index is 13.1. The maximum atomic E-state index is 13.1. The molecule has 36 heavy (non-hydrogen) atoms. The third-order valence-electron chi connectivity index (χ3n) is 6.13. The number of phenolic OH excluding ortho intramolecular Hbond substituents is 1. The molecule has 0 saturated carbocycles. The highest BCUT2D eigenvalue weighted by Gasteiger charge is 2.45. The molecule has 2 N–H and O–H groups in total. The van der Waals surface area contributed by atoms with Crippen molar-refractivity contribution in [2.75, 3.05) is 27.2 Å². The Bertz CT molecular complexity index is 1230. The maximum Gasteiger partial charge on any atom is 0.295 e. The minimum atomic E-state index is -0.748. The minimum Gasteiger partial charge on any atom is -0.508 e. The number of aromatic hydroxyl groups is 1. The van der Waals surface area contributed by atoms with Crippen LogP contribution >= 0.6 is 0 Å². The predicted molar refractivity (Wildman–Crippen MR) is 138 cm³/mol. The van der Waals surface area contributed by atoms with Crippen LogP contribution in [0.15, 0.2) is 84.4 Å². The van der Waals surface area contributed by atoms with Crippen molar-refractivity contribution in [1.29, 1.82) is 0 Å². The summed E-state index contributed by atoms with van der Waals surface area (Å²) in [7, 11) is 3.89. The van der Waals surface area contributed by atoms with Crippen LogP contribution in [0.1, 0.15) is 29.2 Å². The Hall–Kier alpha value is -4.10. The average molecular weight is 487 g/mol. The van der Waals surface area contributed by atoms with E-state index in [1.807, 2.05) is 49.3 Å². The molecule has 1 amide bonds. The standard InChI is InChI=1S/C29H30N2O5/c1-30(2)17-6-18-31-26(21-9-13-23(32)14-10-21)25(28(34)29(31)35)27(33)22-11-15-24(16-12-22)36-19-20-7-4-3-5-8-20/h3-5,7-16,26,32-33H,6,17-19H2,1-2H3/b27-25+/t26-/m1/s1. The summed E-state index contributed by atoms with van der Waals surface area (Å²) in [5, 5.41) is 20.9. The molecule has 0 aromatic heterocycles. The first-order chi connectivity index (χ1) is 17.3. The van der Waals surface area contributed by atoms with Gasteiger partial charge in [0.25, 0.3) is 11.7 Å². The summed E-state index contributed by atoms with van der Waals surface area (Å²) in [5.41, 5.74) is 2.12. The zero-order valence-corrected chi connectivity index (χ0v) is 20.4. The number of hydrogen-bond donors (Lipinski definition) is 2. The van der Waals surface area contributed by atoms with Gasteiger partial charge in [-0.2, -0.15) is 0 Å². The van der Waals surface area contributed by atoms with Gasteiger partial charge in [0.1, 0.15) is 23.9 Å². The molecule has 7 heteroatoms.